The molecule has 1 aromatic heterocycles. The van der Waals surface area contributed by atoms with Gasteiger partial charge in [0, 0.05) is 45.0 Å². The van der Waals surface area contributed by atoms with Crippen molar-refractivity contribution in [2.45, 2.75) is 32.2 Å². The molecule has 1 atom stereocenters. The van der Waals surface area contributed by atoms with Gasteiger partial charge in [0.15, 0.2) is 0 Å². The minimum atomic E-state index is 0.437. The Morgan fingerprint density at radius 3 is 3.14 bits per heavy atom. The van der Waals surface area contributed by atoms with E-state index in [-0.39, 0.29) is 0 Å². The van der Waals surface area contributed by atoms with Gasteiger partial charge >= 0.3 is 0 Å². The molecular formula is C15H26N4O2. The number of aromatic nitrogens is 2. The second-order valence-electron chi connectivity index (χ2n) is 5.17. The summed E-state index contributed by atoms with van der Waals surface area (Å²) in [6.45, 7) is 6.14. The average Bonchev–Trinajstić information content (AvgIpc) is 2.53. The standard InChI is InChI=1S/C15H26N4O2/c1-3-21-14-7-8-17-15(18-14)19-10-5-4-6-13(19)12-16-9-11-20-2/h7-8,13,16H,3-6,9-12H2,1-2H3. The van der Waals surface area contributed by atoms with Gasteiger partial charge in [-0.2, -0.15) is 4.98 Å². The van der Waals surface area contributed by atoms with E-state index < -0.39 is 0 Å². The second kappa shape index (κ2) is 8.79. The highest BCUT2D eigenvalue weighted by Crippen LogP contribution is 2.22. The number of nitrogens with zero attached hydrogens (tertiary/aromatic N) is 3. The first kappa shape index (κ1) is 16.0. The molecule has 118 valence electrons. The Kier molecular flexibility index (Phi) is 6.69. The molecule has 0 aliphatic carbocycles. The number of hydrogen-bond donors (Lipinski definition) is 1. The quantitative estimate of drug-likeness (QED) is 0.733. The van der Waals surface area contributed by atoms with Crippen molar-refractivity contribution in [2.24, 2.45) is 0 Å². The van der Waals surface area contributed by atoms with Crippen molar-refractivity contribution < 1.29 is 9.47 Å². The number of methoxy groups -OCH3 is 1. The highest BCUT2D eigenvalue weighted by atomic mass is 16.5. The minimum Gasteiger partial charge on any atom is -0.478 e. The molecule has 0 radical (unpaired) electrons. The molecule has 1 unspecified atom stereocenters. The lowest BCUT2D eigenvalue weighted by Gasteiger charge is -2.36. The predicted octanol–water partition coefficient (Wildman–Crippen LogP) is 1.47. The van der Waals surface area contributed by atoms with Gasteiger partial charge in [0.25, 0.3) is 0 Å². The van der Waals surface area contributed by atoms with Crippen LogP contribution in [0.25, 0.3) is 0 Å². The van der Waals surface area contributed by atoms with Crippen molar-refractivity contribution in [2.75, 3.05) is 44.9 Å². The molecule has 0 spiro atoms. The van der Waals surface area contributed by atoms with Gasteiger partial charge in [-0.05, 0) is 26.2 Å². The smallest absolute Gasteiger partial charge is 0.228 e. The molecule has 1 aliphatic heterocycles. The molecule has 0 amide bonds. The van der Waals surface area contributed by atoms with Crippen LogP contribution in [0.3, 0.4) is 0 Å². The number of ether oxygens (including phenoxy) is 2. The van der Waals surface area contributed by atoms with Gasteiger partial charge in [0.2, 0.25) is 11.8 Å². The highest BCUT2D eigenvalue weighted by Gasteiger charge is 2.24. The van der Waals surface area contributed by atoms with Crippen molar-refractivity contribution in [1.29, 1.82) is 0 Å². The maximum atomic E-state index is 5.48. The van der Waals surface area contributed by atoms with E-state index in [1.54, 1.807) is 13.3 Å². The van der Waals surface area contributed by atoms with Crippen LogP contribution in [-0.2, 0) is 4.74 Å². The zero-order valence-electron chi connectivity index (χ0n) is 13.0. The van der Waals surface area contributed by atoms with Crippen LogP contribution >= 0.6 is 0 Å². The fourth-order valence-corrected chi connectivity index (χ4v) is 2.62. The SMILES string of the molecule is CCOc1ccnc(N2CCCCC2CNCCOC)n1. The Balaban J connectivity index is 1.98. The fraction of sp³-hybridized carbons (Fsp3) is 0.733. The Morgan fingerprint density at radius 1 is 1.43 bits per heavy atom. The molecule has 2 heterocycles. The summed E-state index contributed by atoms with van der Waals surface area (Å²) in [6.07, 6.45) is 5.40. The summed E-state index contributed by atoms with van der Waals surface area (Å²) in [5, 5.41) is 3.44. The van der Waals surface area contributed by atoms with Gasteiger partial charge in [-0.25, -0.2) is 4.98 Å². The molecule has 2 rings (SSSR count). The third-order valence-electron chi connectivity index (χ3n) is 3.66. The molecule has 21 heavy (non-hydrogen) atoms. The number of nitrogens with one attached hydrogen (secondary N) is 1. The maximum Gasteiger partial charge on any atom is 0.228 e. The van der Waals surface area contributed by atoms with Crippen LogP contribution in [-0.4, -0.2) is 56.0 Å². The molecule has 6 nitrogen and oxygen atoms in total. The summed E-state index contributed by atoms with van der Waals surface area (Å²) in [7, 11) is 1.72. The lowest BCUT2D eigenvalue weighted by atomic mass is 10.0. The van der Waals surface area contributed by atoms with Crippen LogP contribution < -0.4 is 15.0 Å². The number of anilines is 1. The Bertz CT molecular complexity index is 416. The van der Waals surface area contributed by atoms with Gasteiger partial charge in [0.1, 0.15) is 0 Å². The average molecular weight is 294 g/mol. The van der Waals surface area contributed by atoms with Crippen LogP contribution in [0.15, 0.2) is 12.3 Å². The van der Waals surface area contributed by atoms with Crippen LogP contribution in [0.4, 0.5) is 5.95 Å². The van der Waals surface area contributed by atoms with E-state index in [0.717, 1.165) is 32.2 Å². The van der Waals surface area contributed by atoms with Crippen molar-refractivity contribution in [1.82, 2.24) is 15.3 Å². The van der Waals surface area contributed by atoms with E-state index in [0.29, 0.717) is 18.5 Å². The maximum absolute atomic E-state index is 5.48. The lowest BCUT2D eigenvalue weighted by molar-refractivity contribution is 0.198. The normalized spacial score (nSPS) is 18.8. The van der Waals surface area contributed by atoms with Gasteiger partial charge in [-0.1, -0.05) is 0 Å². The second-order valence-corrected chi connectivity index (χ2v) is 5.17. The molecule has 1 aliphatic rings. The largest absolute Gasteiger partial charge is 0.478 e. The van der Waals surface area contributed by atoms with Crippen LogP contribution in [0.2, 0.25) is 0 Å². The third-order valence-corrected chi connectivity index (χ3v) is 3.66. The van der Waals surface area contributed by atoms with Gasteiger partial charge in [-0.3, -0.25) is 0 Å². The Labute approximate surface area is 126 Å². The minimum absolute atomic E-state index is 0.437. The van der Waals surface area contributed by atoms with Crippen molar-refractivity contribution in [3.05, 3.63) is 12.3 Å². The number of piperidine rings is 1. The number of rotatable bonds is 8. The topological polar surface area (TPSA) is 59.5 Å². The predicted molar refractivity (Wildman–Crippen MR) is 82.9 cm³/mol. The summed E-state index contributed by atoms with van der Waals surface area (Å²) in [5.74, 6) is 1.43. The van der Waals surface area contributed by atoms with E-state index in [4.69, 9.17) is 9.47 Å². The zero-order chi connectivity index (χ0) is 14.9. The molecule has 1 aromatic rings. The summed E-state index contributed by atoms with van der Waals surface area (Å²) in [6, 6.07) is 2.25. The highest BCUT2D eigenvalue weighted by molar-refractivity contribution is 5.34. The molecule has 1 fully saturated rings. The van der Waals surface area contributed by atoms with E-state index in [1.807, 2.05) is 13.0 Å². The van der Waals surface area contributed by atoms with Crippen molar-refractivity contribution in [3.8, 4) is 5.88 Å². The van der Waals surface area contributed by atoms with E-state index in [9.17, 15) is 0 Å². The summed E-state index contributed by atoms with van der Waals surface area (Å²) >= 11 is 0. The first-order valence-electron chi connectivity index (χ1n) is 7.77. The van der Waals surface area contributed by atoms with Gasteiger partial charge in [0.05, 0.1) is 13.2 Å². The van der Waals surface area contributed by atoms with Crippen molar-refractivity contribution in [3.63, 3.8) is 0 Å². The first-order chi connectivity index (χ1) is 10.3. The van der Waals surface area contributed by atoms with Crippen molar-refractivity contribution >= 4 is 5.95 Å². The van der Waals surface area contributed by atoms with E-state index in [2.05, 4.69) is 20.2 Å². The monoisotopic (exact) mass is 294 g/mol. The van der Waals surface area contributed by atoms with E-state index in [1.165, 1.54) is 19.3 Å². The molecule has 1 saturated heterocycles. The molecule has 0 bridgehead atoms. The van der Waals surface area contributed by atoms with Crippen LogP contribution in [0.1, 0.15) is 26.2 Å². The molecule has 1 N–H and O–H groups in total. The fourth-order valence-electron chi connectivity index (χ4n) is 2.62. The van der Waals surface area contributed by atoms with Crippen LogP contribution in [0, 0.1) is 0 Å². The molecule has 6 heteroatoms. The zero-order valence-corrected chi connectivity index (χ0v) is 13.0. The summed E-state index contributed by atoms with van der Waals surface area (Å²) < 4.78 is 10.5. The number of hydrogen-bond acceptors (Lipinski definition) is 6. The Hall–Kier alpha value is -1.40. The summed E-state index contributed by atoms with van der Waals surface area (Å²) in [5.41, 5.74) is 0. The molecular weight excluding hydrogens is 268 g/mol. The van der Waals surface area contributed by atoms with Crippen LogP contribution in [0.5, 0.6) is 5.88 Å². The lowest BCUT2D eigenvalue weighted by Crippen LogP contribution is -2.46. The first-order valence-corrected chi connectivity index (χ1v) is 7.77. The molecule has 0 saturated carbocycles. The third kappa shape index (κ3) is 4.82. The Morgan fingerprint density at radius 2 is 2.33 bits per heavy atom. The van der Waals surface area contributed by atoms with E-state index >= 15 is 0 Å². The van der Waals surface area contributed by atoms with Gasteiger partial charge < -0.3 is 19.7 Å². The van der Waals surface area contributed by atoms with Gasteiger partial charge in [-0.15, -0.1) is 0 Å². The summed E-state index contributed by atoms with van der Waals surface area (Å²) in [4.78, 5) is 11.2. The molecule has 0 aromatic carbocycles.